The summed E-state index contributed by atoms with van der Waals surface area (Å²) in [6.45, 7) is 8.75. The minimum Gasteiger partial charge on any atom is -0.338 e. The lowest BCUT2D eigenvalue weighted by atomic mass is 9.93. The van der Waals surface area contributed by atoms with Crippen molar-refractivity contribution < 1.29 is 4.79 Å². The zero-order valence-electron chi connectivity index (χ0n) is 11.4. The monoisotopic (exact) mass is 238 g/mol. The Hall–Kier alpha value is -0.830. The SMILES string of the molecule is CC1=CCCN(C(=O)CC(CN)CC(C)C)C1. The van der Waals surface area contributed by atoms with Gasteiger partial charge in [0.25, 0.3) is 0 Å². The predicted octanol–water partition coefficient (Wildman–Crippen LogP) is 2.18. The van der Waals surface area contributed by atoms with Crippen molar-refractivity contribution in [2.75, 3.05) is 19.6 Å². The van der Waals surface area contributed by atoms with E-state index in [4.69, 9.17) is 5.73 Å². The van der Waals surface area contributed by atoms with Crippen LogP contribution in [0.15, 0.2) is 11.6 Å². The molecule has 0 fully saturated rings. The molecule has 1 aliphatic rings. The molecular weight excluding hydrogens is 212 g/mol. The summed E-state index contributed by atoms with van der Waals surface area (Å²) >= 11 is 0. The first-order chi connectivity index (χ1) is 8.02. The zero-order chi connectivity index (χ0) is 12.8. The van der Waals surface area contributed by atoms with Crippen molar-refractivity contribution in [3.63, 3.8) is 0 Å². The summed E-state index contributed by atoms with van der Waals surface area (Å²) in [5.74, 6) is 1.22. The van der Waals surface area contributed by atoms with Gasteiger partial charge < -0.3 is 10.6 Å². The molecule has 0 saturated heterocycles. The molecule has 1 amide bonds. The molecule has 1 atom stereocenters. The molecule has 0 radical (unpaired) electrons. The van der Waals surface area contributed by atoms with E-state index in [1.807, 2.05) is 4.90 Å². The normalized spacial score (nSPS) is 18.2. The maximum Gasteiger partial charge on any atom is 0.223 e. The van der Waals surface area contributed by atoms with E-state index in [1.165, 1.54) is 5.57 Å². The fourth-order valence-corrected chi connectivity index (χ4v) is 2.43. The highest BCUT2D eigenvalue weighted by molar-refractivity contribution is 5.77. The Morgan fingerprint density at radius 2 is 2.24 bits per heavy atom. The summed E-state index contributed by atoms with van der Waals surface area (Å²) in [7, 11) is 0. The molecule has 3 nitrogen and oxygen atoms in total. The maximum atomic E-state index is 12.1. The number of nitrogens with two attached hydrogens (primary N) is 1. The summed E-state index contributed by atoms with van der Waals surface area (Å²) < 4.78 is 0. The van der Waals surface area contributed by atoms with Gasteiger partial charge in [0.05, 0.1) is 0 Å². The van der Waals surface area contributed by atoms with Crippen LogP contribution >= 0.6 is 0 Å². The van der Waals surface area contributed by atoms with Crippen molar-refractivity contribution in [2.45, 2.75) is 40.0 Å². The average molecular weight is 238 g/mol. The van der Waals surface area contributed by atoms with Crippen LogP contribution in [0.1, 0.15) is 40.0 Å². The van der Waals surface area contributed by atoms with Gasteiger partial charge in [0.2, 0.25) is 5.91 Å². The van der Waals surface area contributed by atoms with Crippen molar-refractivity contribution in [1.29, 1.82) is 0 Å². The zero-order valence-corrected chi connectivity index (χ0v) is 11.4. The number of hydrogen-bond donors (Lipinski definition) is 1. The lowest BCUT2D eigenvalue weighted by molar-refractivity contribution is -0.132. The molecule has 3 heteroatoms. The third kappa shape index (κ3) is 4.90. The van der Waals surface area contributed by atoms with E-state index in [2.05, 4.69) is 26.8 Å². The van der Waals surface area contributed by atoms with Crippen molar-refractivity contribution >= 4 is 5.91 Å². The van der Waals surface area contributed by atoms with Gasteiger partial charge in [-0.05, 0) is 38.1 Å². The fraction of sp³-hybridized carbons (Fsp3) is 0.786. The standard InChI is InChI=1S/C14H26N2O/c1-11(2)7-13(9-15)8-14(17)16-6-4-5-12(3)10-16/h5,11,13H,4,6-10,15H2,1-3H3. The molecular formula is C14H26N2O. The predicted molar refractivity (Wildman–Crippen MR) is 71.6 cm³/mol. The van der Waals surface area contributed by atoms with Gasteiger partial charge in [-0.3, -0.25) is 4.79 Å². The van der Waals surface area contributed by atoms with E-state index < -0.39 is 0 Å². The van der Waals surface area contributed by atoms with Crippen LogP contribution in [0.4, 0.5) is 0 Å². The highest BCUT2D eigenvalue weighted by Crippen LogP contribution is 2.17. The third-order valence-corrected chi connectivity index (χ3v) is 3.29. The van der Waals surface area contributed by atoms with Crippen LogP contribution in [-0.2, 0) is 4.79 Å². The van der Waals surface area contributed by atoms with Crippen LogP contribution in [0.5, 0.6) is 0 Å². The quantitative estimate of drug-likeness (QED) is 0.746. The number of hydrogen-bond acceptors (Lipinski definition) is 2. The van der Waals surface area contributed by atoms with Crippen LogP contribution < -0.4 is 5.73 Å². The topological polar surface area (TPSA) is 46.3 Å². The molecule has 0 aromatic heterocycles. The Balaban J connectivity index is 2.44. The van der Waals surface area contributed by atoms with E-state index in [0.717, 1.165) is 25.9 Å². The highest BCUT2D eigenvalue weighted by atomic mass is 16.2. The first-order valence-corrected chi connectivity index (χ1v) is 6.66. The molecule has 0 spiro atoms. The molecule has 0 aliphatic carbocycles. The van der Waals surface area contributed by atoms with E-state index >= 15 is 0 Å². The minimum absolute atomic E-state index is 0.272. The largest absolute Gasteiger partial charge is 0.338 e. The second kappa shape index (κ2) is 6.80. The van der Waals surface area contributed by atoms with Crippen LogP contribution in [0.25, 0.3) is 0 Å². The Morgan fingerprint density at radius 3 is 2.76 bits per heavy atom. The Kier molecular flexibility index (Phi) is 5.69. The smallest absolute Gasteiger partial charge is 0.223 e. The van der Waals surface area contributed by atoms with Gasteiger partial charge in [-0.25, -0.2) is 0 Å². The molecule has 1 heterocycles. The second-order valence-corrected chi connectivity index (χ2v) is 5.59. The van der Waals surface area contributed by atoms with E-state index in [9.17, 15) is 4.79 Å². The molecule has 17 heavy (non-hydrogen) atoms. The molecule has 1 aliphatic heterocycles. The lowest BCUT2D eigenvalue weighted by Gasteiger charge is -2.28. The van der Waals surface area contributed by atoms with Crippen molar-refractivity contribution in [2.24, 2.45) is 17.6 Å². The Labute approximate surface area is 105 Å². The van der Waals surface area contributed by atoms with Gasteiger partial charge in [0.15, 0.2) is 0 Å². The van der Waals surface area contributed by atoms with Crippen LogP contribution in [0.2, 0.25) is 0 Å². The molecule has 0 bridgehead atoms. The van der Waals surface area contributed by atoms with Crippen molar-refractivity contribution in [3.05, 3.63) is 11.6 Å². The van der Waals surface area contributed by atoms with Gasteiger partial charge in [0, 0.05) is 19.5 Å². The summed E-state index contributed by atoms with van der Waals surface area (Å²) in [4.78, 5) is 14.1. The molecule has 0 aromatic carbocycles. The first kappa shape index (κ1) is 14.2. The van der Waals surface area contributed by atoms with Gasteiger partial charge in [-0.2, -0.15) is 0 Å². The van der Waals surface area contributed by atoms with E-state index in [1.54, 1.807) is 0 Å². The Morgan fingerprint density at radius 1 is 1.53 bits per heavy atom. The van der Waals surface area contributed by atoms with Crippen LogP contribution in [-0.4, -0.2) is 30.4 Å². The number of carbonyl (C=O) groups excluding carboxylic acids is 1. The summed E-state index contributed by atoms with van der Waals surface area (Å²) in [6, 6.07) is 0. The van der Waals surface area contributed by atoms with Crippen molar-refractivity contribution in [3.8, 4) is 0 Å². The minimum atomic E-state index is 0.272. The number of amides is 1. The summed E-state index contributed by atoms with van der Waals surface area (Å²) in [5.41, 5.74) is 7.05. The molecule has 2 N–H and O–H groups in total. The summed E-state index contributed by atoms with van der Waals surface area (Å²) in [5, 5.41) is 0. The lowest BCUT2D eigenvalue weighted by Crippen LogP contribution is -2.37. The molecule has 1 unspecified atom stereocenters. The summed E-state index contributed by atoms with van der Waals surface area (Å²) in [6.07, 6.45) is 4.88. The number of carbonyl (C=O) groups is 1. The third-order valence-electron chi connectivity index (χ3n) is 3.29. The van der Waals surface area contributed by atoms with E-state index in [0.29, 0.717) is 24.8 Å². The van der Waals surface area contributed by atoms with Gasteiger partial charge in [-0.15, -0.1) is 0 Å². The fourth-order valence-electron chi connectivity index (χ4n) is 2.43. The van der Waals surface area contributed by atoms with Crippen molar-refractivity contribution in [1.82, 2.24) is 4.90 Å². The Bertz CT molecular complexity index is 284. The molecule has 1 rings (SSSR count). The second-order valence-electron chi connectivity index (χ2n) is 5.59. The first-order valence-electron chi connectivity index (χ1n) is 6.66. The van der Waals surface area contributed by atoms with Crippen LogP contribution in [0, 0.1) is 11.8 Å². The molecule has 0 saturated carbocycles. The number of nitrogens with zero attached hydrogens (tertiary/aromatic N) is 1. The van der Waals surface area contributed by atoms with Crippen LogP contribution in [0.3, 0.4) is 0 Å². The molecule has 0 aromatic rings. The highest BCUT2D eigenvalue weighted by Gasteiger charge is 2.20. The van der Waals surface area contributed by atoms with Gasteiger partial charge in [-0.1, -0.05) is 25.5 Å². The number of rotatable bonds is 5. The maximum absolute atomic E-state index is 12.1. The average Bonchev–Trinajstić information content (AvgIpc) is 2.27. The van der Waals surface area contributed by atoms with Gasteiger partial charge in [0.1, 0.15) is 0 Å². The molecule has 98 valence electrons. The van der Waals surface area contributed by atoms with E-state index in [-0.39, 0.29) is 5.91 Å². The van der Waals surface area contributed by atoms with Gasteiger partial charge >= 0.3 is 0 Å².